The molecule has 0 N–H and O–H groups in total. The number of fused-ring (bicyclic) bond motifs is 3. The minimum absolute atomic E-state index is 0.0567. The number of hydrogen-bond acceptors (Lipinski definition) is 7. The number of aromatic nitrogens is 2. The average Bonchev–Trinajstić information content (AvgIpc) is 3.79. The molecular weight excluding hydrogens is 605 g/mol. The summed E-state index contributed by atoms with van der Waals surface area (Å²) in [6.45, 7) is 23.4. The van der Waals surface area contributed by atoms with Crippen molar-refractivity contribution in [3.63, 3.8) is 0 Å². The molecule has 5 rings (SSSR count). The Balaban J connectivity index is 1.72. The first kappa shape index (κ1) is 35.3. The molecule has 0 aliphatic carbocycles. The van der Waals surface area contributed by atoms with Crippen molar-refractivity contribution in [2.45, 2.75) is 131 Å². The Bertz CT molecular complexity index is 1710. The quantitative estimate of drug-likeness (QED) is 0.111. The molecule has 0 saturated heterocycles. The molecule has 2 aromatic carbocycles. The van der Waals surface area contributed by atoms with Crippen LogP contribution in [-0.2, 0) is 10.8 Å². The van der Waals surface area contributed by atoms with Gasteiger partial charge in [0.1, 0.15) is 22.6 Å². The lowest BCUT2D eigenvalue weighted by molar-refractivity contribution is 0.231. The zero-order valence-corrected chi connectivity index (χ0v) is 31.3. The van der Waals surface area contributed by atoms with E-state index in [1.807, 2.05) is 0 Å². The van der Waals surface area contributed by atoms with Gasteiger partial charge in [0.25, 0.3) is 0 Å². The van der Waals surface area contributed by atoms with Crippen LogP contribution in [0.25, 0.3) is 44.3 Å². The van der Waals surface area contributed by atoms with Gasteiger partial charge in [0, 0.05) is 11.0 Å². The molecular formula is C40H56N2O4S. The molecule has 3 heterocycles. The smallest absolute Gasteiger partial charge is 0.181 e. The van der Waals surface area contributed by atoms with Gasteiger partial charge in [-0.2, -0.15) is 8.75 Å². The van der Waals surface area contributed by atoms with Crippen molar-refractivity contribution in [2.24, 2.45) is 11.8 Å². The van der Waals surface area contributed by atoms with Crippen LogP contribution in [0, 0.1) is 11.8 Å². The number of unbranched alkanes of at least 4 members (excludes halogenated alkanes) is 2. The van der Waals surface area contributed by atoms with Crippen molar-refractivity contribution < 1.29 is 18.3 Å². The molecule has 0 bridgehead atoms. The molecule has 0 aliphatic heterocycles. The number of rotatable bonds is 15. The predicted molar refractivity (Wildman–Crippen MR) is 197 cm³/mol. The molecule has 0 saturated carbocycles. The molecule has 0 fully saturated rings. The highest BCUT2D eigenvalue weighted by molar-refractivity contribution is 7.00. The lowest BCUT2D eigenvalue weighted by Crippen LogP contribution is -2.12. The number of ether oxygens (including phenoxy) is 2. The fourth-order valence-electron chi connectivity index (χ4n) is 6.36. The number of benzene rings is 2. The van der Waals surface area contributed by atoms with Crippen LogP contribution in [0.1, 0.15) is 132 Å². The summed E-state index contributed by atoms with van der Waals surface area (Å²) in [5.74, 6) is 4.04. The minimum Gasteiger partial charge on any atom is -0.489 e. The molecule has 0 amide bonds. The molecule has 47 heavy (non-hydrogen) atoms. The first-order chi connectivity index (χ1) is 22.4. The second-order valence-corrected chi connectivity index (χ2v) is 16.0. The standard InChI is InChI=1S/C40H56N2O4S/c1-11-15-17-25(13-3)23-43-35-28-21-31(27-19-20-30(39(5,6)7)34-33(27)41-47-42-34)45-37(28)36(44-24-26(14-4)18-16-12-2)29-22-32(40(8,9)10)46-38(29)35/h19-22,25-26H,11-18,23-24H2,1-10H3. The third-order valence-electron chi connectivity index (χ3n) is 9.61. The van der Waals surface area contributed by atoms with Crippen molar-refractivity contribution in [1.29, 1.82) is 0 Å². The van der Waals surface area contributed by atoms with Crippen LogP contribution >= 0.6 is 11.7 Å². The molecule has 0 aliphatic rings. The Labute approximate surface area is 285 Å². The Morgan fingerprint density at radius 3 is 1.79 bits per heavy atom. The average molecular weight is 661 g/mol. The van der Waals surface area contributed by atoms with Crippen LogP contribution in [0.4, 0.5) is 0 Å². The van der Waals surface area contributed by atoms with Gasteiger partial charge in [0.15, 0.2) is 22.7 Å². The third kappa shape index (κ3) is 7.50. The Kier molecular flexibility index (Phi) is 10.9. The van der Waals surface area contributed by atoms with Crippen LogP contribution in [-0.4, -0.2) is 22.0 Å². The predicted octanol–water partition coefficient (Wildman–Crippen LogP) is 12.6. The first-order valence-electron chi connectivity index (χ1n) is 18.0. The van der Waals surface area contributed by atoms with E-state index in [4.69, 9.17) is 27.1 Å². The molecule has 0 spiro atoms. The Morgan fingerprint density at radius 1 is 0.702 bits per heavy atom. The van der Waals surface area contributed by atoms with Gasteiger partial charge in [0.2, 0.25) is 0 Å². The molecule has 7 heteroatoms. The second-order valence-electron chi connectivity index (χ2n) is 15.4. The summed E-state index contributed by atoms with van der Waals surface area (Å²) in [5, 5.41) is 1.79. The fourth-order valence-corrected chi connectivity index (χ4v) is 6.93. The summed E-state index contributed by atoms with van der Waals surface area (Å²) in [5.41, 5.74) is 5.09. The summed E-state index contributed by atoms with van der Waals surface area (Å²) in [6, 6.07) is 8.53. The molecule has 256 valence electrons. The van der Waals surface area contributed by atoms with Gasteiger partial charge >= 0.3 is 0 Å². The zero-order valence-electron chi connectivity index (χ0n) is 30.5. The summed E-state index contributed by atoms with van der Waals surface area (Å²) in [4.78, 5) is 0. The molecule has 0 radical (unpaired) electrons. The topological polar surface area (TPSA) is 70.5 Å². The van der Waals surface area contributed by atoms with Crippen molar-refractivity contribution >= 4 is 44.7 Å². The maximum atomic E-state index is 6.87. The monoisotopic (exact) mass is 660 g/mol. The van der Waals surface area contributed by atoms with E-state index in [1.54, 1.807) is 0 Å². The van der Waals surface area contributed by atoms with Crippen LogP contribution in [0.15, 0.2) is 33.1 Å². The van der Waals surface area contributed by atoms with Gasteiger partial charge in [-0.25, -0.2) is 0 Å². The highest BCUT2D eigenvalue weighted by Crippen LogP contribution is 2.49. The highest BCUT2D eigenvalue weighted by atomic mass is 32.1. The Hall–Kier alpha value is -3.06. The molecule has 2 unspecified atom stereocenters. The van der Waals surface area contributed by atoms with Crippen molar-refractivity contribution in [1.82, 2.24) is 8.75 Å². The van der Waals surface area contributed by atoms with Crippen molar-refractivity contribution in [3.05, 3.63) is 35.6 Å². The largest absolute Gasteiger partial charge is 0.489 e. The van der Waals surface area contributed by atoms with E-state index in [0.717, 1.165) is 81.7 Å². The number of hydrogen-bond donors (Lipinski definition) is 0. The van der Waals surface area contributed by atoms with Gasteiger partial charge in [-0.15, -0.1) is 0 Å². The van der Waals surface area contributed by atoms with Crippen LogP contribution in [0.3, 0.4) is 0 Å². The SMILES string of the molecule is CCCCC(CC)COc1c2cc(C(C)(C)C)oc2c(OCC(CC)CCCC)c2cc(-c3ccc(C(C)(C)C)c4nsnc34)oc12. The van der Waals surface area contributed by atoms with Gasteiger partial charge in [-0.05, 0) is 53.9 Å². The molecule has 2 atom stereocenters. The van der Waals surface area contributed by atoms with E-state index in [2.05, 4.69) is 93.5 Å². The maximum Gasteiger partial charge on any atom is 0.181 e. The maximum absolute atomic E-state index is 6.87. The van der Waals surface area contributed by atoms with E-state index in [1.165, 1.54) is 43.0 Å². The van der Waals surface area contributed by atoms with Gasteiger partial charge < -0.3 is 18.3 Å². The summed E-state index contributed by atoms with van der Waals surface area (Å²) >= 11 is 1.25. The van der Waals surface area contributed by atoms with E-state index in [0.29, 0.717) is 30.6 Å². The van der Waals surface area contributed by atoms with Crippen molar-refractivity contribution in [2.75, 3.05) is 13.2 Å². The lowest BCUT2D eigenvalue weighted by Gasteiger charge is -2.19. The summed E-state index contributed by atoms with van der Waals surface area (Å²) < 4.78 is 36.7. The van der Waals surface area contributed by atoms with E-state index in [-0.39, 0.29) is 10.8 Å². The highest BCUT2D eigenvalue weighted by Gasteiger charge is 2.30. The zero-order chi connectivity index (χ0) is 33.9. The number of nitrogens with zero attached hydrogens (tertiary/aromatic N) is 2. The third-order valence-corrected chi connectivity index (χ3v) is 10.1. The van der Waals surface area contributed by atoms with Crippen LogP contribution < -0.4 is 9.47 Å². The van der Waals surface area contributed by atoms with Crippen LogP contribution in [0.5, 0.6) is 11.5 Å². The van der Waals surface area contributed by atoms with Gasteiger partial charge in [-0.3, -0.25) is 0 Å². The fraction of sp³-hybridized carbons (Fsp3) is 0.600. The number of furan rings is 2. The van der Waals surface area contributed by atoms with Gasteiger partial charge in [-0.1, -0.05) is 114 Å². The molecule has 5 aromatic rings. The molecule has 3 aromatic heterocycles. The summed E-state index contributed by atoms with van der Waals surface area (Å²) in [6.07, 6.45) is 9.19. The lowest BCUT2D eigenvalue weighted by atomic mass is 9.85. The minimum atomic E-state index is -0.182. The van der Waals surface area contributed by atoms with Gasteiger partial charge in [0.05, 0.1) is 35.7 Å². The summed E-state index contributed by atoms with van der Waals surface area (Å²) in [7, 11) is 0. The van der Waals surface area contributed by atoms with E-state index < -0.39 is 0 Å². The van der Waals surface area contributed by atoms with E-state index >= 15 is 0 Å². The van der Waals surface area contributed by atoms with Crippen LogP contribution in [0.2, 0.25) is 0 Å². The van der Waals surface area contributed by atoms with E-state index in [9.17, 15) is 0 Å². The van der Waals surface area contributed by atoms with Crippen molar-refractivity contribution in [3.8, 4) is 22.8 Å². The second kappa shape index (κ2) is 14.6. The normalized spacial score (nSPS) is 14.0. The molecule has 6 nitrogen and oxygen atoms in total. The Morgan fingerprint density at radius 2 is 1.26 bits per heavy atom. The first-order valence-corrected chi connectivity index (χ1v) is 18.7.